The van der Waals surface area contributed by atoms with Gasteiger partial charge in [-0.15, -0.1) is 0 Å². The van der Waals surface area contributed by atoms with Gasteiger partial charge in [0.05, 0.1) is 0 Å². The quantitative estimate of drug-likeness (QED) is 0.739. The van der Waals surface area contributed by atoms with E-state index in [-0.39, 0.29) is 0 Å². The van der Waals surface area contributed by atoms with E-state index in [2.05, 4.69) is 64.0 Å². The lowest BCUT2D eigenvalue weighted by atomic mass is 9.75. The van der Waals surface area contributed by atoms with E-state index in [1.807, 2.05) is 0 Å². The SMILES string of the molecule is CCCNC(CN(C)CC1(N(C)C)CCC1)C(C)(C)C. The summed E-state index contributed by atoms with van der Waals surface area (Å²) in [4.78, 5) is 4.98. The molecule has 0 aliphatic heterocycles. The summed E-state index contributed by atoms with van der Waals surface area (Å²) in [5.74, 6) is 0. The van der Waals surface area contributed by atoms with Gasteiger partial charge in [0, 0.05) is 24.7 Å². The summed E-state index contributed by atoms with van der Waals surface area (Å²) in [5.41, 5.74) is 0.746. The molecule has 20 heavy (non-hydrogen) atoms. The minimum Gasteiger partial charge on any atom is -0.312 e. The minimum absolute atomic E-state index is 0.314. The first-order valence-corrected chi connectivity index (χ1v) is 8.30. The summed E-state index contributed by atoms with van der Waals surface area (Å²) >= 11 is 0. The lowest BCUT2D eigenvalue weighted by Gasteiger charge is -2.50. The van der Waals surface area contributed by atoms with Crippen LogP contribution in [0.25, 0.3) is 0 Å². The van der Waals surface area contributed by atoms with E-state index in [9.17, 15) is 0 Å². The first-order valence-electron chi connectivity index (χ1n) is 8.30. The highest BCUT2D eigenvalue weighted by Crippen LogP contribution is 2.36. The summed E-state index contributed by atoms with van der Waals surface area (Å²) < 4.78 is 0. The van der Waals surface area contributed by atoms with Crippen LogP contribution in [0.5, 0.6) is 0 Å². The van der Waals surface area contributed by atoms with Crippen molar-refractivity contribution in [1.29, 1.82) is 0 Å². The number of rotatable bonds is 8. The Morgan fingerprint density at radius 3 is 2.10 bits per heavy atom. The van der Waals surface area contributed by atoms with Gasteiger partial charge in [-0.2, -0.15) is 0 Å². The van der Waals surface area contributed by atoms with Gasteiger partial charge in [0.2, 0.25) is 0 Å². The summed E-state index contributed by atoms with van der Waals surface area (Å²) in [5, 5.41) is 3.74. The van der Waals surface area contributed by atoms with Crippen molar-refractivity contribution >= 4 is 0 Å². The molecule has 0 aromatic rings. The molecule has 0 saturated heterocycles. The van der Waals surface area contributed by atoms with Crippen LogP contribution in [0, 0.1) is 5.41 Å². The third kappa shape index (κ3) is 4.71. The molecule has 0 bridgehead atoms. The normalized spacial score (nSPS) is 20.2. The molecular formula is C17H37N3. The molecule has 0 aromatic carbocycles. The third-order valence-corrected chi connectivity index (χ3v) is 4.98. The number of likely N-dealkylation sites (N-methyl/N-ethyl adjacent to an activating group) is 2. The standard InChI is InChI=1S/C17H37N3/c1-8-12-18-15(16(2,3)4)13-20(7)14-17(19(5)6)10-9-11-17/h15,18H,8-14H2,1-7H3. The summed E-state index contributed by atoms with van der Waals surface area (Å²) in [6.45, 7) is 12.7. The Morgan fingerprint density at radius 1 is 1.15 bits per heavy atom. The van der Waals surface area contributed by atoms with Gasteiger partial charge in [-0.05, 0) is 58.8 Å². The Balaban J connectivity index is 2.55. The molecule has 1 saturated carbocycles. The average Bonchev–Trinajstić information content (AvgIpc) is 2.27. The van der Waals surface area contributed by atoms with Crippen LogP contribution in [0.1, 0.15) is 53.4 Å². The van der Waals surface area contributed by atoms with Crippen LogP contribution >= 0.6 is 0 Å². The number of nitrogens with zero attached hydrogens (tertiary/aromatic N) is 2. The van der Waals surface area contributed by atoms with Crippen molar-refractivity contribution < 1.29 is 0 Å². The minimum atomic E-state index is 0.314. The molecule has 1 rings (SSSR count). The van der Waals surface area contributed by atoms with Crippen LogP contribution in [0.15, 0.2) is 0 Å². The second kappa shape index (κ2) is 7.24. The van der Waals surface area contributed by atoms with Crippen molar-refractivity contribution in [3.63, 3.8) is 0 Å². The van der Waals surface area contributed by atoms with Crippen LogP contribution in [0.4, 0.5) is 0 Å². The average molecular weight is 284 g/mol. The number of nitrogens with one attached hydrogen (secondary N) is 1. The zero-order chi connectivity index (χ0) is 15.4. The topological polar surface area (TPSA) is 18.5 Å². The van der Waals surface area contributed by atoms with Gasteiger partial charge in [0.1, 0.15) is 0 Å². The second-order valence-corrected chi connectivity index (χ2v) is 8.04. The van der Waals surface area contributed by atoms with Crippen molar-refractivity contribution in [3.05, 3.63) is 0 Å². The molecule has 0 heterocycles. The molecule has 1 unspecified atom stereocenters. The van der Waals surface area contributed by atoms with Crippen molar-refractivity contribution in [3.8, 4) is 0 Å². The first-order chi connectivity index (χ1) is 9.21. The van der Waals surface area contributed by atoms with Gasteiger partial charge in [0.15, 0.2) is 0 Å². The Bertz CT molecular complexity index is 276. The lowest BCUT2D eigenvalue weighted by molar-refractivity contribution is 0.0217. The van der Waals surface area contributed by atoms with Gasteiger partial charge in [-0.25, -0.2) is 0 Å². The predicted octanol–water partition coefficient (Wildman–Crippen LogP) is 2.82. The largest absolute Gasteiger partial charge is 0.312 e. The van der Waals surface area contributed by atoms with E-state index in [0.717, 1.165) is 13.1 Å². The molecule has 0 radical (unpaired) electrons. The molecule has 3 heteroatoms. The summed E-state index contributed by atoms with van der Waals surface area (Å²) in [7, 11) is 6.77. The van der Waals surface area contributed by atoms with Gasteiger partial charge in [0.25, 0.3) is 0 Å². The fraction of sp³-hybridized carbons (Fsp3) is 1.00. The molecule has 0 amide bonds. The van der Waals surface area contributed by atoms with Gasteiger partial charge in [-0.3, -0.25) is 0 Å². The number of hydrogen-bond donors (Lipinski definition) is 1. The first kappa shape index (κ1) is 17.9. The highest BCUT2D eigenvalue weighted by molar-refractivity contribution is 4.98. The molecular weight excluding hydrogens is 246 g/mol. The van der Waals surface area contributed by atoms with E-state index < -0.39 is 0 Å². The second-order valence-electron chi connectivity index (χ2n) is 8.04. The molecule has 1 fully saturated rings. The fourth-order valence-corrected chi connectivity index (χ4v) is 3.17. The highest BCUT2D eigenvalue weighted by atomic mass is 15.2. The fourth-order valence-electron chi connectivity index (χ4n) is 3.17. The Morgan fingerprint density at radius 2 is 1.75 bits per heavy atom. The van der Waals surface area contributed by atoms with E-state index in [1.165, 1.54) is 32.2 Å². The van der Waals surface area contributed by atoms with E-state index in [0.29, 0.717) is 17.0 Å². The molecule has 3 nitrogen and oxygen atoms in total. The lowest BCUT2D eigenvalue weighted by Crippen LogP contribution is -2.58. The number of hydrogen-bond acceptors (Lipinski definition) is 3. The maximum atomic E-state index is 3.74. The van der Waals surface area contributed by atoms with Crippen LogP contribution in [0.3, 0.4) is 0 Å². The van der Waals surface area contributed by atoms with Crippen molar-refractivity contribution in [2.45, 2.75) is 65.0 Å². The van der Waals surface area contributed by atoms with E-state index >= 15 is 0 Å². The monoisotopic (exact) mass is 283 g/mol. The molecule has 0 aromatic heterocycles. The van der Waals surface area contributed by atoms with Crippen LogP contribution in [-0.4, -0.2) is 62.2 Å². The van der Waals surface area contributed by atoms with Gasteiger partial charge >= 0.3 is 0 Å². The van der Waals surface area contributed by atoms with Crippen molar-refractivity contribution in [2.24, 2.45) is 5.41 Å². The maximum absolute atomic E-state index is 3.74. The van der Waals surface area contributed by atoms with Crippen LogP contribution < -0.4 is 5.32 Å². The van der Waals surface area contributed by atoms with Crippen LogP contribution in [0.2, 0.25) is 0 Å². The van der Waals surface area contributed by atoms with E-state index in [1.54, 1.807) is 0 Å². The maximum Gasteiger partial charge on any atom is 0.0330 e. The summed E-state index contributed by atoms with van der Waals surface area (Å²) in [6, 6.07) is 0.562. The zero-order valence-electron chi connectivity index (χ0n) is 14.9. The molecule has 1 atom stereocenters. The molecule has 120 valence electrons. The highest BCUT2D eigenvalue weighted by Gasteiger charge is 2.40. The Kier molecular flexibility index (Phi) is 6.49. The van der Waals surface area contributed by atoms with Crippen LogP contribution in [-0.2, 0) is 0 Å². The zero-order valence-corrected chi connectivity index (χ0v) is 14.9. The van der Waals surface area contributed by atoms with E-state index in [4.69, 9.17) is 0 Å². The Labute approximate surface area is 127 Å². The summed E-state index contributed by atoms with van der Waals surface area (Å²) in [6.07, 6.45) is 5.31. The molecule has 1 aliphatic carbocycles. The predicted molar refractivity (Wildman–Crippen MR) is 89.3 cm³/mol. The Hall–Kier alpha value is -0.120. The molecule has 1 aliphatic rings. The molecule has 1 N–H and O–H groups in total. The van der Waals surface area contributed by atoms with Gasteiger partial charge < -0.3 is 15.1 Å². The molecule has 0 spiro atoms. The van der Waals surface area contributed by atoms with Gasteiger partial charge in [-0.1, -0.05) is 27.7 Å². The van der Waals surface area contributed by atoms with Crippen molar-refractivity contribution in [2.75, 3.05) is 40.8 Å². The smallest absolute Gasteiger partial charge is 0.0330 e. The van der Waals surface area contributed by atoms with Crippen molar-refractivity contribution in [1.82, 2.24) is 15.1 Å². The third-order valence-electron chi connectivity index (χ3n) is 4.98.